The van der Waals surface area contributed by atoms with Crippen molar-refractivity contribution >= 4 is 16.9 Å². The van der Waals surface area contributed by atoms with E-state index in [1.54, 1.807) is 0 Å². The van der Waals surface area contributed by atoms with Gasteiger partial charge in [-0.2, -0.15) is 0 Å². The van der Waals surface area contributed by atoms with Crippen molar-refractivity contribution in [1.82, 2.24) is 14.9 Å². The molecule has 5 aromatic rings. The summed E-state index contributed by atoms with van der Waals surface area (Å²) in [4.78, 5) is 17.4. The van der Waals surface area contributed by atoms with Crippen LogP contribution in [0.3, 0.4) is 0 Å². The number of carbonyl (C=O) groups is 1. The summed E-state index contributed by atoms with van der Waals surface area (Å²) in [6.07, 6.45) is 4.33. The molecular formula is C35H37N3O2. The summed E-state index contributed by atoms with van der Waals surface area (Å²) in [5, 5.41) is 3.08. The maximum atomic E-state index is 12.5. The van der Waals surface area contributed by atoms with E-state index in [0.29, 0.717) is 19.6 Å². The Morgan fingerprint density at radius 1 is 0.800 bits per heavy atom. The van der Waals surface area contributed by atoms with E-state index >= 15 is 0 Å². The molecule has 0 aliphatic rings. The summed E-state index contributed by atoms with van der Waals surface area (Å²) >= 11 is 0. The first kappa shape index (κ1) is 27.2. The maximum Gasteiger partial charge on any atom is 0.224 e. The molecule has 5 nitrogen and oxygen atoms in total. The molecule has 1 heterocycles. The first-order valence-corrected chi connectivity index (χ1v) is 14.2. The van der Waals surface area contributed by atoms with Gasteiger partial charge >= 0.3 is 0 Å². The van der Waals surface area contributed by atoms with Gasteiger partial charge in [-0.25, -0.2) is 4.98 Å². The second kappa shape index (κ2) is 13.6. The third-order valence-electron chi connectivity index (χ3n) is 7.22. The van der Waals surface area contributed by atoms with Crippen molar-refractivity contribution in [1.29, 1.82) is 0 Å². The van der Waals surface area contributed by atoms with E-state index in [4.69, 9.17) is 9.72 Å². The van der Waals surface area contributed by atoms with Crippen LogP contribution in [0.25, 0.3) is 22.2 Å². The predicted octanol–water partition coefficient (Wildman–Crippen LogP) is 7.16. The molecule has 40 heavy (non-hydrogen) atoms. The number of imidazole rings is 1. The number of aromatic nitrogens is 2. The first-order valence-electron chi connectivity index (χ1n) is 14.2. The number of rotatable bonds is 13. The lowest BCUT2D eigenvalue weighted by Crippen LogP contribution is -2.26. The topological polar surface area (TPSA) is 56.1 Å². The summed E-state index contributed by atoms with van der Waals surface area (Å²) in [6, 6.07) is 35.0. The van der Waals surface area contributed by atoms with Gasteiger partial charge in [-0.05, 0) is 60.2 Å². The molecule has 0 spiro atoms. The fourth-order valence-electron chi connectivity index (χ4n) is 5.04. The number of benzene rings is 4. The van der Waals surface area contributed by atoms with Crippen molar-refractivity contribution in [3.63, 3.8) is 0 Å². The van der Waals surface area contributed by atoms with E-state index in [2.05, 4.69) is 65.3 Å². The highest BCUT2D eigenvalue weighted by Gasteiger charge is 2.11. The van der Waals surface area contributed by atoms with Crippen molar-refractivity contribution in [2.24, 2.45) is 0 Å². The third-order valence-corrected chi connectivity index (χ3v) is 7.22. The van der Waals surface area contributed by atoms with E-state index in [-0.39, 0.29) is 5.91 Å². The number of para-hydroxylation sites is 3. The molecule has 0 saturated carbocycles. The Balaban J connectivity index is 1.05. The Hall–Kier alpha value is -4.38. The molecule has 5 rings (SSSR count). The fourth-order valence-corrected chi connectivity index (χ4v) is 5.04. The average Bonchev–Trinajstić information content (AvgIpc) is 3.34. The minimum atomic E-state index is 0.0721. The number of carbonyl (C=O) groups excluding carboxylic acids is 1. The van der Waals surface area contributed by atoms with Crippen LogP contribution in [-0.4, -0.2) is 28.6 Å². The second-order valence-electron chi connectivity index (χ2n) is 10.2. The monoisotopic (exact) mass is 531 g/mol. The van der Waals surface area contributed by atoms with Gasteiger partial charge < -0.3 is 14.6 Å². The van der Waals surface area contributed by atoms with Crippen LogP contribution in [0.1, 0.15) is 36.2 Å². The molecule has 0 aliphatic heterocycles. The molecule has 0 saturated heterocycles. The minimum absolute atomic E-state index is 0.0721. The Bertz CT molecular complexity index is 1520. The van der Waals surface area contributed by atoms with Crippen LogP contribution in [0.2, 0.25) is 0 Å². The van der Waals surface area contributed by atoms with Crippen LogP contribution in [0, 0.1) is 6.92 Å². The third kappa shape index (κ3) is 7.17. The Kier molecular flexibility index (Phi) is 9.25. The SMILES string of the molecule is Cc1ccccc1OCCn1c(CCCCCNC(=O)Cc2ccc(-c3ccccc3)cc2)nc2ccccc21. The molecule has 0 radical (unpaired) electrons. The minimum Gasteiger partial charge on any atom is -0.491 e. The molecule has 1 aromatic heterocycles. The highest BCUT2D eigenvalue weighted by Crippen LogP contribution is 2.21. The van der Waals surface area contributed by atoms with Crippen molar-refractivity contribution in [3.05, 3.63) is 120 Å². The van der Waals surface area contributed by atoms with Gasteiger partial charge in [0, 0.05) is 13.0 Å². The summed E-state index contributed by atoms with van der Waals surface area (Å²) in [5.41, 5.74) is 6.70. The van der Waals surface area contributed by atoms with Crippen LogP contribution >= 0.6 is 0 Å². The van der Waals surface area contributed by atoms with Gasteiger partial charge in [0.1, 0.15) is 18.2 Å². The highest BCUT2D eigenvalue weighted by molar-refractivity contribution is 5.79. The van der Waals surface area contributed by atoms with E-state index in [9.17, 15) is 4.79 Å². The van der Waals surface area contributed by atoms with Gasteiger partial charge in [0.15, 0.2) is 0 Å². The van der Waals surface area contributed by atoms with E-state index in [1.807, 2.05) is 54.6 Å². The standard InChI is InChI=1S/C35H37N3O2/c1-27-12-7-10-17-33(27)40-25-24-38-32-16-9-8-15-31(32)37-34(38)18-6-3-11-23-36-35(39)26-28-19-21-30(22-20-28)29-13-4-2-5-14-29/h2,4-5,7-10,12-17,19-22H,3,6,11,18,23-26H2,1H3,(H,36,39). The largest absolute Gasteiger partial charge is 0.491 e. The summed E-state index contributed by atoms with van der Waals surface area (Å²) in [5.74, 6) is 2.10. The van der Waals surface area contributed by atoms with Crippen LogP contribution < -0.4 is 10.1 Å². The van der Waals surface area contributed by atoms with Crippen LogP contribution in [0.15, 0.2) is 103 Å². The molecule has 0 bridgehead atoms. The number of fused-ring (bicyclic) bond motifs is 1. The van der Waals surface area contributed by atoms with E-state index in [0.717, 1.165) is 71.5 Å². The van der Waals surface area contributed by atoms with Gasteiger partial charge in [0.25, 0.3) is 0 Å². The van der Waals surface area contributed by atoms with Crippen LogP contribution in [0.5, 0.6) is 5.75 Å². The molecule has 0 atom stereocenters. The van der Waals surface area contributed by atoms with Gasteiger partial charge in [-0.15, -0.1) is 0 Å². The quantitative estimate of drug-likeness (QED) is 0.164. The fraction of sp³-hybridized carbons (Fsp3) is 0.257. The lowest BCUT2D eigenvalue weighted by molar-refractivity contribution is -0.120. The number of ether oxygens (including phenoxy) is 1. The molecule has 4 aromatic carbocycles. The Morgan fingerprint density at radius 2 is 1.52 bits per heavy atom. The number of aryl methyl sites for hydroxylation is 2. The second-order valence-corrected chi connectivity index (χ2v) is 10.2. The number of hydrogen-bond acceptors (Lipinski definition) is 3. The molecule has 1 amide bonds. The van der Waals surface area contributed by atoms with Crippen LogP contribution in [-0.2, 0) is 24.2 Å². The van der Waals surface area contributed by atoms with Crippen LogP contribution in [0.4, 0.5) is 0 Å². The zero-order chi connectivity index (χ0) is 27.6. The summed E-state index contributed by atoms with van der Waals surface area (Å²) in [7, 11) is 0. The summed E-state index contributed by atoms with van der Waals surface area (Å²) < 4.78 is 8.36. The number of unbranched alkanes of at least 4 members (excludes halogenated alkanes) is 2. The maximum absolute atomic E-state index is 12.5. The molecule has 0 unspecified atom stereocenters. The molecular weight excluding hydrogens is 494 g/mol. The van der Waals surface area contributed by atoms with Crippen molar-refractivity contribution in [3.8, 4) is 16.9 Å². The van der Waals surface area contributed by atoms with Crippen molar-refractivity contribution < 1.29 is 9.53 Å². The zero-order valence-electron chi connectivity index (χ0n) is 23.2. The van der Waals surface area contributed by atoms with Crippen molar-refractivity contribution in [2.45, 2.75) is 45.6 Å². The number of nitrogens with zero attached hydrogens (tertiary/aromatic N) is 2. The number of nitrogens with one attached hydrogen (secondary N) is 1. The molecule has 204 valence electrons. The van der Waals surface area contributed by atoms with E-state index < -0.39 is 0 Å². The Labute approximate surface area is 236 Å². The van der Waals surface area contributed by atoms with Gasteiger partial charge in [-0.3, -0.25) is 4.79 Å². The summed E-state index contributed by atoms with van der Waals surface area (Å²) in [6.45, 7) is 4.12. The molecule has 0 fully saturated rings. The molecule has 5 heteroatoms. The smallest absolute Gasteiger partial charge is 0.224 e. The number of amides is 1. The lowest BCUT2D eigenvalue weighted by atomic mass is 10.0. The van der Waals surface area contributed by atoms with E-state index in [1.165, 1.54) is 5.56 Å². The van der Waals surface area contributed by atoms with Gasteiger partial charge in [0.2, 0.25) is 5.91 Å². The molecule has 1 N–H and O–H groups in total. The highest BCUT2D eigenvalue weighted by atomic mass is 16.5. The van der Waals surface area contributed by atoms with Gasteiger partial charge in [-0.1, -0.05) is 91.3 Å². The normalized spacial score (nSPS) is 11.0. The predicted molar refractivity (Wildman–Crippen MR) is 163 cm³/mol. The lowest BCUT2D eigenvalue weighted by Gasteiger charge is -2.12. The average molecular weight is 532 g/mol. The van der Waals surface area contributed by atoms with Crippen molar-refractivity contribution in [2.75, 3.05) is 13.2 Å². The van der Waals surface area contributed by atoms with Gasteiger partial charge in [0.05, 0.1) is 24.0 Å². The Morgan fingerprint density at radius 3 is 2.35 bits per heavy atom. The first-order chi connectivity index (χ1) is 19.7. The zero-order valence-corrected chi connectivity index (χ0v) is 23.2. The number of hydrogen-bond donors (Lipinski definition) is 1. The molecule has 0 aliphatic carbocycles.